The van der Waals surface area contributed by atoms with E-state index >= 15 is 0 Å². The summed E-state index contributed by atoms with van der Waals surface area (Å²) in [6.07, 6.45) is 5.46. The first kappa shape index (κ1) is 17.6. The first-order valence-electron chi connectivity index (χ1n) is 8.48. The monoisotopic (exact) mass is 320 g/mol. The molecule has 128 valence electrons. The van der Waals surface area contributed by atoms with Gasteiger partial charge in [-0.2, -0.15) is 0 Å². The van der Waals surface area contributed by atoms with Gasteiger partial charge in [0.2, 0.25) is 0 Å². The summed E-state index contributed by atoms with van der Waals surface area (Å²) >= 11 is 0. The molecule has 0 aliphatic heterocycles. The van der Waals surface area contributed by atoms with E-state index in [0.29, 0.717) is 29.9 Å². The Morgan fingerprint density at radius 3 is 2.70 bits per heavy atom. The minimum atomic E-state index is -0.371. The lowest BCUT2D eigenvalue weighted by atomic mass is 9.86. The molecule has 0 spiro atoms. The highest BCUT2D eigenvalue weighted by Crippen LogP contribution is 2.27. The van der Waals surface area contributed by atoms with Crippen LogP contribution in [0.3, 0.4) is 0 Å². The molecule has 23 heavy (non-hydrogen) atoms. The maximum atomic E-state index is 11.8. The number of hydrogen-bond acceptors (Lipinski definition) is 5. The molecular formula is C18H28N2O3. The van der Waals surface area contributed by atoms with E-state index in [9.17, 15) is 4.79 Å². The molecule has 1 aromatic carbocycles. The molecule has 5 heteroatoms. The molecule has 0 saturated heterocycles. The quantitative estimate of drug-likeness (QED) is 0.755. The van der Waals surface area contributed by atoms with Gasteiger partial charge in [0.25, 0.3) is 0 Å². The van der Waals surface area contributed by atoms with Crippen LogP contribution in [-0.2, 0) is 4.74 Å². The van der Waals surface area contributed by atoms with Crippen molar-refractivity contribution in [3.8, 4) is 5.75 Å². The normalized spacial score (nSPS) is 20.8. The summed E-state index contributed by atoms with van der Waals surface area (Å²) in [7, 11) is 1.38. The van der Waals surface area contributed by atoms with Crippen LogP contribution in [0.5, 0.6) is 5.75 Å². The van der Waals surface area contributed by atoms with Crippen LogP contribution in [0.4, 0.5) is 5.69 Å². The van der Waals surface area contributed by atoms with E-state index in [0.717, 1.165) is 31.5 Å². The van der Waals surface area contributed by atoms with Gasteiger partial charge >= 0.3 is 5.97 Å². The van der Waals surface area contributed by atoms with Crippen LogP contribution in [0, 0.1) is 5.92 Å². The molecular weight excluding hydrogens is 292 g/mol. The van der Waals surface area contributed by atoms with Crippen LogP contribution in [-0.4, -0.2) is 32.3 Å². The molecule has 5 nitrogen and oxygen atoms in total. The fourth-order valence-corrected chi connectivity index (χ4v) is 2.90. The number of carbonyl (C=O) groups excluding carboxylic acids is 1. The molecule has 2 rings (SSSR count). The predicted molar refractivity (Wildman–Crippen MR) is 92.0 cm³/mol. The number of carbonyl (C=O) groups is 1. The Hall–Kier alpha value is -1.75. The number of hydrogen-bond donors (Lipinski definition) is 2. The lowest BCUT2D eigenvalue weighted by Crippen LogP contribution is -2.29. The highest BCUT2D eigenvalue weighted by Gasteiger charge is 2.19. The number of anilines is 1. The van der Waals surface area contributed by atoms with Crippen molar-refractivity contribution in [1.29, 1.82) is 0 Å². The molecule has 1 aliphatic carbocycles. The van der Waals surface area contributed by atoms with Crippen LogP contribution in [0.2, 0.25) is 0 Å². The van der Waals surface area contributed by atoms with Crippen LogP contribution in [0.15, 0.2) is 18.2 Å². The third-order valence-electron chi connectivity index (χ3n) is 4.33. The van der Waals surface area contributed by atoms with E-state index < -0.39 is 0 Å². The molecule has 1 aliphatic rings. The van der Waals surface area contributed by atoms with Gasteiger partial charge in [-0.3, -0.25) is 0 Å². The molecule has 1 aromatic rings. The average molecular weight is 320 g/mol. The topological polar surface area (TPSA) is 73.6 Å². The highest BCUT2D eigenvalue weighted by atomic mass is 16.5. The van der Waals surface area contributed by atoms with E-state index in [-0.39, 0.29) is 5.97 Å². The van der Waals surface area contributed by atoms with Crippen molar-refractivity contribution < 1.29 is 14.3 Å². The van der Waals surface area contributed by atoms with Crippen LogP contribution >= 0.6 is 0 Å². The summed E-state index contributed by atoms with van der Waals surface area (Å²) in [4.78, 5) is 11.8. The average Bonchev–Trinajstić information content (AvgIpc) is 2.58. The van der Waals surface area contributed by atoms with E-state index in [4.69, 9.17) is 15.2 Å². The standard InChI is InChI=1S/C18H28N2O3/c1-3-10-23-17-11-15(8-9-16(17)18(21)22-2)20-12-13-4-6-14(19)7-5-13/h8-9,11,13-14,20H,3-7,10,12,19H2,1-2H3. The molecule has 0 heterocycles. The van der Waals surface area contributed by atoms with Gasteiger partial charge < -0.3 is 20.5 Å². The number of nitrogens with two attached hydrogens (primary N) is 1. The number of rotatable bonds is 7. The molecule has 0 bridgehead atoms. The second kappa shape index (κ2) is 8.77. The first-order valence-corrected chi connectivity index (χ1v) is 8.48. The summed E-state index contributed by atoms with van der Waals surface area (Å²) in [6, 6.07) is 5.92. The Bertz CT molecular complexity index is 511. The van der Waals surface area contributed by atoms with Crippen LogP contribution < -0.4 is 15.8 Å². The van der Waals surface area contributed by atoms with Gasteiger partial charge in [-0.15, -0.1) is 0 Å². The third-order valence-corrected chi connectivity index (χ3v) is 4.33. The summed E-state index contributed by atoms with van der Waals surface area (Å²) in [5, 5.41) is 3.46. The van der Waals surface area contributed by atoms with E-state index in [2.05, 4.69) is 5.32 Å². The van der Waals surface area contributed by atoms with E-state index in [1.165, 1.54) is 20.0 Å². The van der Waals surface area contributed by atoms with Crippen LogP contribution in [0.25, 0.3) is 0 Å². The Morgan fingerprint density at radius 1 is 1.30 bits per heavy atom. The SMILES string of the molecule is CCCOc1cc(NCC2CCC(N)CC2)ccc1C(=O)OC. The smallest absolute Gasteiger partial charge is 0.341 e. The van der Waals surface area contributed by atoms with Gasteiger partial charge in [-0.1, -0.05) is 6.92 Å². The summed E-state index contributed by atoms with van der Waals surface area (Å²) in [5.74, 6) is 0.869. The van der Waals surface area contributed by atoms with Crippen molar-refractivity contribution in [3.63, 3.8) is 0 Å². The molecule has 1 fully saturated rings. The minimum Gasteiger partial charge on any atom is -0.493 e. The molecule has 0 aromatic heterocycles. The van der Waals surface area contributed by atoms with Gasteiger partial charge in [0.1, 0.15) is 11.3 Å². The highest BCUT2D eigenvalue weighted by molar-refractivity contribution is 5.93. The zero-order valence-electron chi connectivity index (χ0n) is 14.1. The fourth-order valence-electron chi connectivity index (χ4n) is 2.90. The zero-order valence-corrected chi connectivity index (χ0v) is 14.1. The number of esters is 1. The van der Waals surface area contributed by atoms with Crippen molar-refractivity contribution in [2.75, 3.05) is 25.6 Å². The number of methoxy groups -OCH3 is 1. The van der Waals surface area contributed by atoms with Gasteiger partial charge in [-0.25, -0.2) is 4.79 Å². The van der Waals surface area contributed by atoms with Crippen molar-refractivity contribution in [1.82, 2.24) is 0 Å². The van der Waals surface area contributed by atoms with E-state index in [1.807, 2.05) is 19.1 Å². The van der Waals surface area contributed by atoms with Gasteiger partial charge in [0, 0.05) is 24.3 Å². The molecule has 0 radical (unpaired) electrons. The summed E-state index contributed by atoms with van der Waals surface area (Å²) in [5.41, 5.74) is 7.39. The molecule has 0 amide bonds. The lowest BCUT2D eigenvalue weighted by Gasteiger charge is -2.26. The van der Waals surface area contributed by atoms with Crippen molar-refractivity contribution in [2.45, 2.75) is 45.1 Å². The van der Waals surface area contributed by atoms with Gasteiger partial charge in [0.05, 0.1) is 13.7 Å². The Morgan fingerprint density at radius 2 is 2.04 bits per heavy atom. The van der Waals surface area contributed by atoms with Crippen molar-refractivity contribution in [2.24, 2.45) is 11.7 Å². The second-order valence-corrected chi connectivity index (χ2v) is 6.21. The third kappa shape index (κ3) is 5.13. The van der Waals surface area contributed by atoms with Gasteiger partial charge in [0.15, 0.2) is 0 Å². The summed E-state index contributed by atoms with van der Waals surface area (Å²) < 4.78 is 10.5. The fraction of sp³-hybridized carbons (Fsp3) is 0.611. The van der Waals surface area contributed by atoms with Crippen LogP contribution in [0.1, 0.15) is 49.4 Å². The predicted octanol–water partition coefficient (Wildman–Crippen LogP) is 3.19. The largest absolute Gasteiger partial charge is 0.493 e. The van der Waals surface area contributed by atoms with Gasteiger partial charge in [-0.05, 0) is 50.2 Å². The number of nitrogens with one attached hydrogen (secondary N) is 1. The Labute approximate surface area is 138 Å². The summed E-state index contributed by atoms with van der Waals surface area (Å²) in [6.45, 7) is 3.54. The molecule has 1 saturated carbocycles. The van der Waals surface area contributed by atoms with Crippen molar-refractivity contribution in [3.05, 3.63) is 23.8 Å². The Balaban J connectivity index is 1.99. The number of benzene rings is 1. The molecule has 3 N–H and O–H groups in total. The molecule has 0 atom stereocenters. The first-order chi connectivity index (χ1) is 11.1. The number of ether oxygens (including phenoxy) is 2. The lowest BCUT2D eigenvalue weighted by molar-refractivity contribution is 0.0596. The maximum Gasteiger partial charge on any atom is 0.341 e. The maximum absolute atomic E-state index is 11.8. The Kier molecular flexibility index (Phi) is 6.71. The van der Waals surface area contributed by atoms with E-state index in [1.54, 1.807) is 6.07 Å². The second-order valence-electron chi connectivity index (χ2n) is 6.21. The minimum absolute atomic E-state index is 0.371. The molecule has 0 unspecified atom stereocenters. The van der Waals surface area contributed by atoms with Crippen molar-refractivity contribution >= 4 is 11.7 Å². The zero-order chi connectivity index (χ0) is 16.7.